The molecule has 102 valence electrons. The van der Waals surface area contributed by atoms with Crippen molar-refractivity contribution in [3.63, 3.8) is 0 Å². The summed E-state index contributed by atoms with van der Waals surface area (Å²) in [4.78, 5) is 13.6. The van der Waals surface area contributed by atoms with Crippen molar-refractivity contribution in [1.29, 1.82) is 0 Å². The summed E-state index contributed by atoms with van der Waals surface area (Å²) in [6.07, 6.45) is 6.46. The molecule has 0 aromatic rings. The lowest BCUT2D eigenvalue weighted by Gasteiger charge is -2.26. The van der Waals surface area contributed by atoms with E-state index >= 15 is 0 Å². The lowest BCUT2D eigenvalue weighted by molar-refractivity contribution is -0.113. The van der Waals surface area contributed by atoms with E-state index in [2.05, 4.69) is 16.7 Å². The maximum absolute atomic E-state index is 11.1. The summed E-state index contributed by atoms with van der Waals surface area (Å²) in [5.74, 6) is 5.23. The van der Waals surface area contributed by atoms with Crippen LogP contribution in [0, 0.1) is 11.8 Å². The summed E-state index contributed by atoms with van der Waals surface area (Å²) in [5.41, 5.74) is 0. The number of hydrogen-bond donors (Lipinski definition) is 0. The molecule has 1 fully saturated rings. The number of Topliss-reactive ketones (excluding diaryl/α,β-unsaturated/α-hetero) is 1. The Morgan fingerprint density at radius 2 is 1.94 bits per heavy atom. The molecule has 0 aromatic heterocycles. The molecule has 0 aromatic carbocycles. The third-order valence-corrected chi connectivity index (χ3v) is 3.21. The Bertz CT molecular complexity index is 285. The molecule has 1 aliphatic heterocycles. The lowest BCUT2D eigenvalue weighted by Crippen LogP contribution is -2.32. The van der Waals surface area contributed by atoms with Gasteiger partial charge >= 0.3 is 0 Å². The molecule has 3 heteroatoms. The fraction of sp³-hybridized carbons (Fsp3) is 0.800. The molecule has 18 heavy (non-hydrogen) atoms. The zero-order valence-corrected chi connectivity index (χ0v) is 11.5. The Morgan fingerprint density at radius 3 is 2.67 bits per heavy atom. The maximum atomic E-state index is 11.1. The minimum absolute atomic E-state index is 0.0471. The molecule has 1 heterocycles. The molecule has 0 unspecified atom stereocenters. The predicted octanol–water partition coefficient (Wildman–Crippen LogP) is 2.25. The van der Waals surface area contributed by atoms with Crippen LogP contribution in [0.3, 0.4) is 0 Å². The van der Waals surface area contributed by atoms with E-state index in [9.17, 15) is 4.79 Å². The van der Waals surface area contributed by atoms with Crippen LogP contribution in [0.2, 0.25) is 0 Å². The van der Waals surface area contributed by atoms with Crippen LogP contribution in [0.25, 0.3) is 0 Å². The van der Waals surface area contributed by atoms with Crippen molar-refractivity contribution >= 4 is 5.78 Å². The maximum Gasteiger partial charge on any atom is 0.205 e. The van der Waals surface area contributed by atoms with E-state index in [1.807, 2.05) is 0 Å². The number of carbonyl (C=O) groups is 1. The SMILES string of the molecule is CC#CC(=O)CCCCOCCN1CCCCC1. The fourth-order valence-corrected chi connectivity index (χ4v) is 2.17. The van der Waals surface area contributed by atoms with Gasteiger partial charge in [0.2, 0.25) is 5.78 Å². The van der Waals surface area contributed by atoms with E-state index in [1.54, 1.807) is 6.92 Å². The average Bonchev–Trinajstić information content (AvgIpc) is 2.39. The minimum atomic E-state index is 0.0471. The van der Waals surface area contributed by atoms with Crippen molar-refractivity contribution in [3.8, 4) is 11.8 Å². The third-order valence-electron chi connectivity index (χ3n) is 3.21. The molecular formula is C15H25NO2. The number of ketones is 1. The van der Waals surface area contributed by atoms with Gasteiger partial charge in [-0.15, -0.1) is 0 Å². The summed E-state index contributed by atoms with van der Waals surface area (Å²) in [5, 5.41) is 0. The number of unbranched alkanes of at least 4 members (excludes halogenated alkanes) is 1. The van der Waals surface area contributed by atoms with Gasteiger partial charge in [-0.2, -0.15) is 0 Å². The van der Waals surface area contributed by atoms with Gasteiger partial charge in [-0.3, -0.25) is 4.79 Å². The highest BCUT2D eigenvalue weighted by Gasteiger charge is 2.08. The van der Waals surface area contributed by atoms with Crippen LogP contribution in [0.4, 0.5) is 0 Å². The molecule has 1 aliphatic rings. The summed E-state index contributed by atoms with van der Waals surface area (Å²) >= 11 is 0. The van der Waals surface area contributed by atoms with Crippen LogP contribution in [0.15, 0.2) is 0 Å². The first-order valence-electron chi connectivity index (χ1n) is 7.08. The first-order chi connectivity index (χ1) is 8.83. The standard InChI is InChI=1S/C15H25NO2/c1-2-8-15(17)9-4-7-13-18-14-12-16-10-5-3-6-11-16/h3-7,9-14H2,1H3. The van der Waals surface area contributed by atoms with Crippen LogP contribution in [0.1, 0.15) is 45.4 Å². The summed E-state index contributed by atoms with van der Waals surface area (Å²) in [6, 6.07) is 0. The highest BCUT2D eigenvalue weighted by Crippen LogP contribution is 2.07. The number of nitrogens with zero attached hydrogens (tertiary/aromatic N) is 1. The van der Waals surface area contributed by atoms with Gasteiger partial charge in [-0.1, -0.05) is 12.3 Å². The van der Waals surface area contributed by atoms with E-state index in [1.165, 1.54) is 32.4 Å². The number of piperidine rings is 1. The fourth-order valence-electron chi connectivity index (χ4n) is 2.17. The number of likely N-dealkylation sites (tertiary alicyclic amines) is 1. The molecule has 0 atom stereocenters. The first kappa shape index (κ1) is 15.2. The number of hydrogen-bond acceptors (Lipinski definition) is 3. The highest BCUT2D eigenvalue weighted by atomic mass is 16.5. The summed E-state index contributed by atoms with van der Waals surface area (Å²) in [6.45, 7) is 6.80. The second-order valence-corrected chi connectivity index (χ2v) is 4.77. The van der Waals surface area contributed by atoms with E-state index in [4.69, 9.17) is 4.74 Å². The number of rotatable bonds is 8. The Hall–Kier alpha value is -0.850. The summed E-state index contributed by atoms with van der Waals surface area (Å²) < 4.78 is 5.59. The van der Waals surface area contributed by atoms with Crippen molar-refractivity contribution in [1.82, 2.24) is 4.90 Å². The lowest BCUT2D eigenvalue weighted by atomic mass is 10.1. The minimum Gasteiger partial charge on any atom is -0.380 e. The Labute approximate surface area is 111 Å². The van der Waals surface area contributed by atoms with Gasteiger partial charge in [0.1, 0.15) is 0 Å². The van der Waals surface area contributed by atoms with E-state index in [0.717, 1.165) is 32.6 Å². The smallest absolute Gasteiger partial charge is 0.205 e. The van der Waals surface area contributed by atoms with Gasteiger partial charge in [0, 0.05) is 19.6 Å². The topological polar surface area (TPSA) is 29.5 Å². The molecule has 0 N–H and O–H groups in total. The molecule has 0 aliphatic carbocycles. The van der Waals surface area contributed by atoms with Gasteiger partial charge in [0.15, 0.2) is 0 Å². The Balaban J connectivity index is 1.86. The molecular weight excluding hydrogens is 226 g/mol. The molecule has 1 saturated heterocycles. The van der Waals surface area contributed by atoms with Gasteiger partial charge < -0.3 is 9.64 Å². The van der Waals surface area contributed by atoms with Gasteiger partial charge in [-0.05, 0) is 51.6 Å². The number of carbonyl (C=O) groups excluding carboxylic acids is 1. The third kappa shape index (κ3) is 7.47. The Morgan fingerprint density at radius 1 is 1.17 bits per heavy atom. The summed E-state index contributed by atoms with van der Waals surface area (Å²) in [7, 11) is 0. The van der Waals surface area contributed by atoms with E-state index in [-0.39, 0.29) is 5.78 Å². The van der Waals surface area contributed by atoms with E-state index < -0.39 is 0 Å². The molecule has 1 rings (SSSR count). The predicted molar refractivity (Wildman–Crippen MR) is 73.4 cm³/mol. The van der Waals surface area contributed by atoms with Crippen LogP contribution < -0.4 is 0 Å². The molecule has 0 bridgehead atoms. The van der Waals surface area contributed by atoms with Crippen molar-refractivity contribution in [2.45, 2.75) is 45.4 Å². The normalized spacial score (nSPS) is 16.1. The van der Waals surface area contributed by atoms with Crippen molar-refractivity contribution in [3.05, 3.63) is 0 Å². The molecule has 0 amide bonds. The Kier molecular flexibility index (Phi) is 8.54. The van der Waals surface area contributed by atoms with E-state index in [0.29, 0.717) is 6.42 Å². The van der Waals surface area contributed by atoms with Crippen LogP contribution in [-0.2, 0) is 9.53 Å². The molecule has 0 spiro atoms. The second-order valence-electron chi connectivity index (χ2n) is 4.77. The average molecular weight is 251 g/mol. The molecule has 3 nitrogen and oxygen atoms in total. The van der Waals surface area contributed by atoms with Crippen molar-refractivity contribution in [2.24, 2.45) is 0 Å². The van der Waals surface area contributed by atoms with Crippen LogP contribution in [-0.4, -0.2) is 43.5 Å². The molecule has 0 saturated carbocycles. The van der Waals surface area contributed by atoms with Crippen LogP contribution >= 0.6 is 0 Å². The van der Waals surface area contributed by atoms with Gasteiger partial charge in [0.05, 0.1) is 6.61 Å². The zero-order valence-electron chi connectivity index (χ0n) is 11.5. The zero-order chi connectivity index (χ0) is 13.1. The van der Waals surface area contributed by atoms with Crippen molar-refractivity contribution < 1.29 is 9.53 Å². The first-order valence-corrected chi connectivity index (χ1v) is 7.08. The van der Waals surface area contributed by atoms with Crippen LogP contribution in [0.5, 0.6) is 0 Å². The van der Waals surface area contributed by atoms with Gasteiger partial charge in [0.25, 0.3) is 0 Å². The largest absolute Gasteiger partial charge is 0.380 e. The number of ether oxygens (including phenoxy) is 1. The molecule has 0 radical (unpaired) electrons. The van der Waals surface area contributed by atoms with Gasteiger partial charge in [-0.25, -0.2) is 0 Å². The second kappa shape index (κ2) is 10.1. The highest BCUT2D eigenvalue weighted by molar-refractivity contribution is 5.95. The van der Waals surface area contributed by atoms with Crippen molar-refractivity contribution in [2.75, 3.05) is 32.8 Å². The quantitative estimate of drug-likeness (QED) is 0.376. The monoisotopic (exact) mass is 251 g/mol.